The number of Topliss-reactive ketones (excluding diaryl/α,β-unsaturated/α-hetero) is 1. The number of methoxy groups -OCH3 is 1. The summed E-state index contributed by atoms with van der Waals surface area (Å²) in [6.45, 7) is 1.20. The second-order valence-electron chi connectivity index (χ2n) is 4.44. The summed E-state index contributed by atoms with van der Waals surface area (Å²) in [5.41, 5.74) is 1.61. The number of hydrogen-bond donors (Lipinski definition) is 0. The molecular formula is C15H17ClN2O2. The number of nitrogens with zero attached hydrogens (tertiary/aromatic N) is 2. The zero-order chi connectivity index (χ0) is 14.4. The first-order valence-corrected chi connectivity index (χ1v) is 6.87. The van der Waals surface area contributed by atoms with Crippen molar-refractivity contribution in [2.75, 3.05) is 13.7 Å². The van der Waals surface area contributed by atoms with E-state index in [-0.39, 0.29) is 5.78 Å². The first-order chi connectivity index (χ1) is 9.72. The van der Waals surface area contributed by atoms with Gasteiger partial charge in [-0.15, -0.1) is 0 Å². The van der Waals surface area contributed by atoms with Gasteiger partial charge in [0, 0.05) is 19.1 Å². The van der Waals surface area contributed by atoms with E-state index in [2.05, 4.69) is 5.10 Å². The van der Waals surface area contributed by atoms with Crippen molar-refractivity contribution in [2.45, 2.75) is 19.4 Å². The maximum atomic E-state index is 12.1. The van der Waals surface area contributed by atoms with Crippen LogP contribution in [-0.2, 0) is 17.7 Å². The lowest BCUT2D eigenvalue weighted by atomic mass is 10.1. The Hall–Kier alpha value is -1.65. The number of carbonyl (C=O) groups excluding carboxylic acids is 1. The second kappa shape index (κ2) is 7.22. The molecule has 0 atom stereocenters. The molecule has 0 bridgehead atoms. The summed E-state index contributed by atoms with van der Waals surface area (Å²) < 4.78 is 6.83. The van der Waals surface area contributed by atoms with Gasteiger partial charge in [-0.05, 0) is 6.42 Å². The minimum Gasteiger partial charge on any atom is -0.383 e. The van der Waals surface area contributed by atoms with E-state index < -0.39 is 0 Å². The third-order valence-electron chi connectivity index (χ3n) is 3.09. The third-order valence-corrected chi connectivity index (χ3v) is 3.41. The van der Waals surface area contributed by atoms with Gasteiger partial charge in [0.15, 0.2) is 5.78 Å². The molecule has 5 heteroatoms. The fourth-order valence-corrected chi connectivity index (χ4v) is 2.24. The van der Waals surface area contributed by atoms with Gasteiger partial charge < -0.3 is 4.74 Å². The van der Waals surface area contributed by atoms with E-state index in [9.17, 15) is 4.79 Å². The highest BCUT2D eigenvalue weighted by molar-refractivity contribution is 6.31. The molecule has 0 spiro atoms. The van der Waals surface area contributed by atoms with Crippen LogP contribution in [0.1, 0.15) is 22.5 Å². The standard InChI is InChI=1S/C15H17ClN2O2/c1-20-10-9-18-14(13(16)11-17-18)7-8-15(19)12-5-3-2-4-6-12/h2-6,11H,7-10H2,1H3. The van der Waals surface area contributed by atoms with E-state index in [1.807, 2.05) is 30.3 Å². The van der Waals surface area contributed by atoms with Gasteiger partial charge in [-0.1, -0.05) is 41.9 Å². The highest BCUT2D eigenvalue weighted by Crippen LogP contribution is 2.18. The average Bonchev–Trinajstić information content (AvgIpc) is 2.84. The second-order valence-corrected chi connectivity index (χ2v) is 4.85. The molecule has 1 aromatic carbocycles. The zero-order valence-electron chi connectivity index (χ0n) is 11.4. The number of benzene rings is 1. The van der Waals surface area contributed by atoms with Gasteiger partial charge in [0.25, 0.3) is 0 Å². The lowest BCUT2D eigenvalue weighted by molar-refractivity contribution is 0.0982. The van der Waals surface area contributed by atoms with Crippen LogP contribution in [0.5, 0.6) is 0 Å². The molecule has 0 saturated heterocycles. The van der Waals surface area contributed by atoms with Gasteiger partial charge in [-0.3, -0.25) is 9.48 Å². The fraction of sp³-hybridized carbons (Fsp3) is 0.333. The van der Waals surface area contributed by atoms with Crippen molar-refractivity contribution in [3.63, 3.8) is 0 Å². The van der Waals surface area contributed by atoms with Gasteiger partial charge in [0.05, 0.1) is 30.1 Å². The van der Waals surface area contributed by atoms with Crippen molar-refractivity contribution in [2.24, 2.45) is 0 Å². The molecule has 1 heterocycles. The van der Waals surface area contributed by atoms with Crippen LogP contribution in [0.4, 0.5) is 0 Å². The van der Waals surface area contributed by atoms with E-state index in [0.29, 0.717) is 31.0 Å². The van der Waals surface area contributed by atoms with E-state index in [1.165, 1.54) is 0 Å². The van der Waals surface area contributed by atoms with Crippen molar-refractivity contribution in [1.29, 1.82) is 0 Å². The first kappa shape index (κ1) is 14.8. The molecule has 0 saturated carbocycles. The summed E-state index contributed by atoms with van der Waals surface area (Å²) in [6.07, 6.45) is 2.61. The Bertz CT molecular complexity index is 567. The summed E-state index contributed by atoms with van der Waals surface area (Å²) in [4.78, 5) is 12.1. The number of rotatable bonds is 7. The Morgan fingerprint density at radius 2 is 2.10 bits per heavy atom. The van der Waals surface area contributed by atoms with Crippen LogP contribution in [0.15, 0.2) is 36.5 Å². The predicted molar refractivity (Wildman–Crippen MR) is 78.2 cm³/mol. The molecule has 0 amide bonds. The minimum absolute atomic E-state index is 0.112. The lowest BCUT2D eigenvalue weighted by Gasteiger charge is -2.07. The molecule has 2 aromatic rings. The topological polar surface area (TPSA) is 44.1 Å². The third kappa shape index (κ3) is 3.68. The molecule has 0 aliphatic heterocycles. The van der Waals surface area contributed by atoms with Crippen LogP contribution in [0, 0.1) is 0 Å². The van der Waals surface area contributed by atoms with E-state index in [4.69, 9.17) is 16.3 Å². The van der Waals surface area contributed by atoms with Gasteiger partial charge >= 0.3 is 0 Å². The van der Waals surface area contributed by atoms with Crippen molar-refractivity contribution < 1.29 is 9.53 Å². The van der Waals surface area contributed by atoms with Crippen LogP contribution in [0.25, 0.3) is 0 Å². The molecule has 1 aromatic heterocycles. The lowest BCUT2D eigenvalue weighted by Crippen LogP contribution is -2.11. The number of aromatic nitrogens is 2. The number of carbonyl (C=O) groups is 1. The van der Waals surface area contributed by atoms with E-state index in [1.54, 1.807) is 18.0 Å². The predicted octanol–water partition coefficient (Wildman–Crippen LogP) is 3.00. The van der Waals surface area contributed by atoms with E-state index >= 15 is 0 Å². The molecule has 0 unspecified atom stereocenters. The quantitative estimate of drug-likeness (QED) is 0.737. The van der Waals surface area contributed by atoms with Crippen molar-refractivity contribution in [1.82, 2.24) is 9.78 Å². The maximum Gasteiger partial charge on any atom is 0.163 e. The summed E-state index contributed by atoms with van der Waals surface area (Å²) in [7, 11) is 1.64. The molecule has 0 fully saturated rings. The van der Waals surface area contributed by atoms with Gasteiger partial charge in [0.1, 0.15) is 0 Å². The van der Waals surface area contributed by atoms with Crippen molar-refractivity contribution >= 4 is 17.4 Å². The van der Waals surface area contributed by atoms with E-state index in [0.717, 1.165) is 11.3 Å². The maximum absolute atomic E-state index is 12.1. The molecule has 0 aliphatic rings. The van der Waals surface area contributed by atoms with Gasteiger partial charge in [0.2, 0.25) is 0 Å². The van der Waals surface area contributed by atoms with Crippen LogP contribution in [0.2, 0.25) is 5.02 Å². The van der Waals surface area contributed by atoms with Crippen LogP contribution in [0.3, 0.4) is 0 Å². The largest absolute Gasteiger partial charge is 0.383 e. The van der Waals surface area contributed by atoms with Gasteiger partial charge in [-0.2, -0.15) is 5.10 Å². The van der Waals surface area contributed by atoms with Crippen molar-refractivity contribution in [3.05, 3.63) is 52.8 Å². The summed E-state index contributed by atoms with van der Waals surface area (Å²) in [5.74, 6) is 0.112. The Morgan fingerprint density at radius 3 is 2.80 bits per heavy atom. The number of ketones is 1. The molecule has 106 valence electrons. The first-order valence-electron chi connectivity index (χ1n) is 6.49. The highest BCUT2D eigenvalue weighted by Gasteiger charge is 2.12. The summed E-state index contributed by atoms with van der Waals surface area (Å²) in [5, 5.41) is 4.80. The molecule has 20 heavy (non-hydrogen) atoms. The Kier molecular flexibility index (Phi) is 5.32. The number of ether oxygens (including phenoxy) is 1. The Labute approximate surface area is 123 Å². The smallest absolute Gasteiger partial charge is 0.163 e. The fourth-order valence-electron chi connectivity index (χ4n) is 2.01. The molecule has 4 nitrogen and oxygen atoms in total. The Balaban J connectivity index is 2.00. The normalized spacial score (nSPS) is 10.7. The monoisotopic (exact) mass is 292 g/mol. The SMILES string of the molecule is COCCn1ncc(Cl)c1CCC(=O)c1ccccc1. The summed E-state index contributed by atoms with van der Waals surface area (Å²) >= 11 is 6.12. The highest BCUT2D eigenvalue weighted by atomic mass is 35.5. The number of halogens is 1. The molecular weight excluding hydrogens is 276 g/mol. The van der Waals surface area contributed by atoms with Crippen LogP contribution >= 0.6 is 11.6 Å². The molecule has 0 N–H and O–H groups in total. The Morgan fingerprint density at radius 1 is 1.35 bits per heavy atom. The van der Waals surface area contributed by atoms with Crippen LogP contribution in [-0.4, -0.2) is 29.3 Å². The summed E-state index contributed by atoms with van der Waals surface area (Å²) in [6, 6.07) is 9.28. The molecule has 0 radical (unpaired) electrons. The minimum atomic E-state index is 0.112. The molecule has 0 aliphatic carbocycles. The zero-order valence-corrected chi connectivity index (χ0v) is 12.1. The average molecular weight is 293 g/mol. The van der Waals surface area contributed by atoms with Crippen LogP contribution < -0.4 is 0 Å². The van der Waals surface area contributed by atoms with Gasteiger partial charge in [-0.25, -0.2) is 0 Å². The molecule has 2 rings (SSSR count). The number of hydrogen-bond acceptors (Lipinski definition) is 3. The van der Waals surface area contributed by atoms with Crippen molar-refractivity contribution in [3.8, 4) is 0 Å².